The van der Waals surface area contributed by atoms with E-state index in [9.17, 15) is 18.0 Å². The van der Waals surface area contributed by atoms with Gasteiger partial charge < -0.3 is 10.3 Å². The molecule has 5 rings (SSSR count). The number of carbonyl (C=O) groups excluding carboxylic acids is 1. The van der Waals surface area contributed by atoms with Gasteiger partial charge in [0, 0.05) is 42.8 Å². The number of rotatable bonds is 5. The average molecular weight is 463 g/mol. The topological polar surface area (TPSA) is 73.9 Å². The Morgan fingerprint density at radius 1 is 1.12 bits per heavy atom. The largest absolute Gasteiger partial charge is 0.401 e. The summed E-state index contributed by atoms with van der Waals surface area (Å²) in [6.45, 7) is -0.502. The molecule has 9 heteroatoms. The lowest BCUT2D eigenvalue weighted by Gasteiger charge is -2.16. The van der Waals surface area contributed by atoms with Gasteiger partial charge in [-0.25, -0.2) is 4.98 Å². The van der Waals surface area contributed by atoms with E-state index in [0.29, 0.717) is 5.69 Å². The molecule has 172 valence electrons. The normalized spacial score (nSPS) is 14.1. The fraction of sp³-hybridized carbons (Fsp3) is 0.160. The van der Waals surface area contributed by atoms with Gasteiger partial charge in [0.15, 0.2) is 0 Å². The monoisotopic (exact) mass is 463 g/mol. The number of pyridine rings is 1. The van der Waals surface area contributed by atoms with Crippen molar-refractivity contribution in [3.63, 3.8) is 0 Å². The second kappa shape index (κ2) is 8.75. The smallest absolute Gasteiger partial charge is 0.345 e. The minimum absolute atomic E-state index is 0.202. The van der Waals surface area contributed by atoms with Crippen LogP contribution in [0.2, 0.25) is 0 Å². The number of nitrogens with zero attached hydrogens (tertiary/aromatic N) is 3. The molecule has 3 heterocycles. The van der Waals surface area contributed by atoms with Crippen LogP contribution in [0.25, 0.3) is 28.2 Å². The van der Waals surface area contributed by atoms with Gasteiger partial charge in [-0.15, -0.1) is 0 Å². The van der Waals surface area contributed by atoms with E-state index in [1.165, 1.54) is 11.0 Å². The van der Waals surface area contributed by atoms with Crippen LogP contribution in [0.4, 0.5) is 18.9 Å². The van der Waals surface area contributed by atoms with Crippen LogP contribution in [-0.2, 0) is 17.9 Å². The van der Waals surface area contributed by atoms with Crippen molar-refractivity contribution in [2.24, 2.45) is 0 Å². The van der Waals surface area contributed by atoms with E-state index in [0.717, 1.165) is 38.9 Å². The molecule has 0 bridgehead atoms. The zero-order valence-corrected chi connectivity index (χ0v) is 17.9. The summed E-state index contributed by atoms with van der Waals surface area (Å²) >= 11 is 0. The van der Waals surface area contributed by atoms with E-state index in [2.05, 4.69) is 20.3 Å². The van der Waals surface area contributed by atoms with Gasteiger partial charge >= 0.3 is 6.18 Å². The third kappa shape index (κ3) is 4.84. The lowest BCUT2D eigenvalue weighted by atomic mass is 10.0. The second-order valence-corrected chi connectivity index (χ2v) is 8.16. The van der Waals surface area contributed by atoms with Crippen molar-refractivity contribution in [1.82, 2.24) is 19.9 Å². The molecule has 1 amide bonds. The molecule has 2 aromatic carbocycles. The number of alkyl halides is 3. The molecule has 34 heavy (non-hydrogen) atoms. The standard InChI is InChI=1S/C25H20F3N5O/c26-25(27,28)14-33-12-18-1-4-20(9-19(18)13-33)32-24(34)6-3-17-11-29-8-7-21(17)16-2-5-22-23(10-16)31-15-30-22/h1-11,15H,12-14H2,(H,30,31)(H,32,34)/b6-3+. The summed E-state index contributed by atoms with van der Waals surface area (Å²) < 4.78 is 38.0. The minimum atomic E-state index is -4.24. The van der Waals surface area contributed by atoms with Crippen molar-refractivity contribution >= 4 is 28.7 Å². The van der Waals surface area contributed by atoms with Crippen molar-refractivity contribution in [2.75, 3.05) is 11.9 Å². The third-order valence-corrected chi connectivity index (χ3v) is 5.66. The summed E-state index contributed by atoms with van der Waals surface area (Å²) in [6.07, 6.45) is 3.88. The minimum Gasteiger partial charge on any atom is -0.345 e. The summed E-state index contributed by atoms with van der Waals surface area (Å²) in [4.78, 5) is 25.4. The van der Waals surface area contributed by atoms with Gasteiger partial charge in [0.05, 0.1) is 23.9 Å². The van der Waals surface area contributed by atoms with Gasteiger partial charge in [0.25, 0.3) is 0 Å². The molecule has 1 aliphatic heterocycles. The molecule has 0 spiro atoms. The van der Waals surface area contributed by atoms with Crippen LogP contribution in [0.5, 0.6) is 0 Å². The number of benzene rings is 2. The maximum absolute atomic E-state index is 12.7. The van der Waals surface area contributed by atoms with Gasteiger partial charge in [-0.05, 0) is 58.7 Å². The van der Waals surface area contributed by atoms with Crippen LogP contribution < -0.4 is 5.32 Å². The molecular formula is C25H20F3N5O. The lowest BCUT2D eigenvalue weighted by molar-refractivity contribution is -0.147. The average Bonchev–Trinajstić information content (AvgIpc) is 3.42. The molecule has 0 atom stereocenters. The molecule has 2 aromatic heterocycles. The number of hydrogen-bond donors (Lipinski definition) is 2. The molecule has 4 aromatic rings. The van der Waals surface area contributed by atoms with Crippen molar-refractivity contribution in [1.29, 1.82) is 0 Å². The highest BCUT2D eigenvalue weighted by Gasteiger charge is 2.33. The van der Waals surface area contributed by atoms with E-state index in [1.807, 2.05) is 24.3 Å². The number of imidazole rings is 1. The number of anilines is 1. The van der Waals surface area contributed by atoms with E-state index in [4.69, 9.17) is 0 Å². The molecule has 6 nitrogen and oxygen atoms in total. The van der Waals surface area contributed by atoms with Gasteiger partial charge in [-0.2, -0.15) is 13.2 Å². The van der Waals surface area contributed by atoms with Crippen molar-refractivity contribution in [3.8, 4) is 11.1 Å². The predicted octanol–water partition coefficient (Wildman–Crippen LogP) is 5.15. The number of halogens is 3. The van der Waals surface area contributed by atoms with E-state index < -0.39 is 12.7 Å². The number of fused-ring (bicyclic) bond motifs is 2. The quantitative estimate of drug-likeness (QED) is 0.401. The Morgan fingerprint density at radius 3 is 2.82 bits per heavy atom. The molecule has 0 saturated carbocycles. The zero-order valence-electron chi connectivity index (χ0n) is 17.9. The molecule has 0 fully saturated rings. The van der Waals surface area contributed by atoms with Crippen LogP contribution in [0, 0.1) is 0 Å². The van der Waals surface area contributed by atoms with E-state index >= 15 is 0 Å². The second-order valence-electron chi connectivity index (χ2n) is 8.16. The molecule has 0 saturated heterocycles. The van der Waals surface area contributed by atoms with E-state index in [-0.39, 0.29) is 19.0 Å². The predicted molar refractivity (Wildman–Crippen MR) is 124 cm³/mol. The SMILES string of the molecule is O=C(/C=C/c1cnccc1-c1ccc2nc[nH]c2c1)Nc1ccc2c(c1)CN(CC(F)(F)F)C2. The first-order chi connectivity index (χ1) is 16.3. The summed E-state index contributed by atoms with van der Waals surface area (Å²) in [6, 6.07) is 12.9. The van der Waals surface area contributed by atoms with Gasteiger partial charge in [0.1, 0.15) is 0 Å². The van der Waals surface area contributed by atoms with Crippen LogP contribution in [0.1, 0.15) is 16.7 Å². The van der Waals surface area contributed by atoms with E-state index in [1.54, 1.807) is 43.0 Å². The Kier molecular flexibility index (Phi) is 5.62. The van der Waals surface area contributed by atoms with Crippen LogP contribution in [-0.4, -0.2) is 38.5 Å². The number of aromatic nitrogens is 3. The van der Waals surface area contributed by atoms with Gasteiger partial charge in [-0.1, -0.05) is 12.1 Å². The van der Waals surface area contributed by atoms with Crippen LogP contribution >= 0.6 is 0 Å². The van der Waals surface area contributed by atoms with Crippen LogP contribution in [0.3, 0.4) is 0 Å². The van der Waals surface area contributed by atoms with Crippen molar-refractivity contribution in [3.05, 3.63) is 84.0 Å². The summed E-state index contributed by atoms with van der Waals surface area (Å²) in [5, 5.41) is 2.78. The molecule has 0 unspecified atom stereocenters. The fourth-order valence-electron chi connectivity index (χ4n) is 4.16. The van der Waals surface area contributed by atoms with Crippen molar-refractivity contribution < 1.29 is 18.0 Å². The number of amides is 1. The Morgan fingerprint density at radius 2 is 1.97 bits per heavy atom. The number of aromatic amines is 1. The van der Waals surface area contributed by atoms with Crippen molar-refractivity contribution in [2.45, 2.75) is 19.3 Å². The molecular weight excluding hydrogens is 443 g/mol. The van der Waals surface area contributed by atoms with Crippen LogP contribution in [0.15, 0.2) is 67.3 Å². The Bertz CT molecular complexity index is 1390. The first kappa shape index (κ1) is 21.8. The Labute approximate surface area is 193 Å². The molecule has 0 aliphatic carbocycles. The Hall–Kier alpha value is -3.98. The number of hydrogen-bond acceptors (Lipinski definition) is 4. The first-order valence-corrected chi connectivity index (χ1v) is 10.6. The first-order valence-electron chi connectivity index (χ1n) is 10.6. The van der Waals surface area contributed by atoms with Gasteiger partial charge in [-0.3, -0.25) is 14.7 Å². The van der Waals surface area contributed by atoms with Gasteiger partial charge in [0.2, 0.25) is 5.91 Å². The highest BCUT2D eigenvalue weighted by molar-refractivity contribution is 6.02. The molecule has 0 radical (unpaired) electrons. The fourth-order valence-corrected chi connectivity index (χ4v) is 4.16. The molecule has 1 aliphatic rings. The third-order valence-electron chi connectivity index (χ3n) is 5.66. The number of nitrogens with one attached hydrogen (secondary N) is 2. The molecule has 2 N–H and O–H groups in total. The summed E-state index contributed by atoms with van der Waals surface area (Å²) in [5.41, 5.74) is 6.59. The summed E-state index contributed by atoms with van der Waals surface area (Å²) in [5.74, 6) is -0.344. The number of H-pyrrole nitrogens is 1. The highest BCUT2D eigenvalue weighted by atomic mass is 19.4. The highest BCUT2D eigenvalue weighted by Crippen LogP contribution is 2.29. The maximum Gasteiger partial charge on any atom is 0.401 e. The lowest BCUT2D eigenvalue weighted by Crippen LogP contribution is -2.29. The Balaban J connectivity index is 1.29. The zero-order chi connectivity index (χ0) is 23.7. The number of carbonyl (C=O) groups is 1. The summed E-state index contributed by atoms with van der Waals surface area (Å²) in [7, 11) is 0. The maximum atomic E-state index is 12.7.